The molecule has 1 amide bonds. The van der Waals surface area contributed by atoms with Gasteiger partial charge in [0.1, 0.15) is 16.7 Å². The van der Waals surface area contributed by atoms with Crippen LogP contribution < -0.4 is 4.74 Å². The molecule has 0 saturated carbocycles. The van der Waals surface area contributed by atoms with Crippen LogP contribution in [0.15, 0.2) is 53.4 Å². The van der Waals surface area contributed by atoms with Crippen LogP contribution in [0.25, 0.3) is 6.08 Å². The normalized spacial score (nSPS) is 15.9. The maximum Gasteiger partial charge on any atom is 0.266 e. The predicted octanol–water partition coefficient (Wildman–Crippen LogP) is 4.80. The lowest BCUT2D eigenvalue weighted by Gasteiger charge is -2.09. The van der Waals surface area contributed by atoms with E-state index in [-0.39, 0.29) is 5.91 Å². The van der Waals surface area contributed by atoms with Crippen molar-refractivity contribution in [2.45, 2.75) is 20.5 Å². The number of hydrogen-bond donors (Lipinski definition) is 0. The van der Waals surface area contributed by atoms with Crippen molar-refractivity contribution in [1.82, 2.24) is 4.90 Å². The van der Waals surface area contributed by atoms with Gasteiger partial charge in [-0.05, 0) is 43.2 Å². The molecule has 0 unspecified atom stereocenters. The standard InChI is InChI=1S/C20H19NO2S2/c1-3-21-19(22)18(25-20(21)24)12-15-7-9-17(10-8-15)23-13-16-6-4-5-14(2)11-16/h4-12H,3,13H2,1-2H3. The third-order valence-electron chi connectivity index (χ3n) is 3.86. The van der Waals surface area contributed by atoms with Crippen molar-refractivity contribution in [3.8, 4) is 5.75 Å². The van der Waals surface area contributed by atoms with E-state index >= 15 is 0 Å². The third kappa shape index (κ3) is 4.30. The average molecular weight is 370 g/mol. The van der Waals surface area contributed by atoms with Crippen molar-refractivity contribution in [3.05, 3.63) is 70.1 Å². The fraction of sp³-hybridized carbons (Fsp3) is 0.200. The molecule has 0 atom stereocenters. The van der Waals surface area contributed by atoms with Crippen LogP contribution >= 0.6 is 24.0 Å². The molecule has 25 heavy (non-hydrogen) atoms. The second-order valence-electron chi connectivity index (χ2n) is 5.77. The minimum atomic E-state index is -0.0164. The van der Waals surface area contributed by atoms with Gasteiger partial charge in [-0.2, -0.15) is 0 Å². The first-order valence-electron chi connectivity index (χ1n) is 8.10. The molecule has 2 aromatic carbocycles. The first kappa shape index (κ1) is 17.7. The highest BCUT2D eigenvalue weighted by Gasteiger charge is 2.30. The molecule has 1 heterocycles. The lowest BCUT2D eigenvalue weighted by atomic mass is 10.1. The molecule has 0 bridgehead atoms. The lowest BCUT2D eigenvalue weighted by molar-refractivity contribution is -0.121. The Morgan fingerprint density at radius 2 is 1.96 bits per heavy atom. The number of benzene rings is 2. The zero-order valence-corrected chi connectivity index (χ0v) is 15.8. The van der Waals surface area contributed by atoms with Crippen molar-refractivity contribution >= 4 is 40.3 Å². The second kappa shape index (κ2) is 7.85. The number of carbonyl (C=O) groups is 1. The van der Waals surface area contributed by atoms with Crippen molar-refractivity contribution in [2.24, 2.45) is 0 Å². The summed E-state index contributed by atoms with van der Waals surface area (Å²) < 4.78 is 6.44. The summed E-state index contributed by atoms with van der Waals surface area (Å²) in [4.78, 5) is 14.5. The van der Waals surface area contributed by atoms with Crippen molar-refractivity contribution in [2.75, 3.05) is 6.54 Å². The Kier molecular flexibility index (Phi) is 5.56. The van der Waals surface area contributed by atoms with Gasteiger partial charge in [0.05, 0.1) is 4.91 Å². The Labute approximate surface area is 157 Å². The molecule has 0 spiro atoms. The Hall–Kier alpha value is -2.11. The van der Waals surface area contributed by atoms with Crippen molar-refractivity contribution < 1.29 is 9.53 Å². The van der Waals surface area contributed by atoms with Crippen molar-refractivity contribution in [1.29, 1.82) is 0 Å². The van der Waals surface area contributed by atoms with E-state index in [4.69, 9.17) is 17.0 Å². The fourth-order valence-electron chi connectivity index (χ4n) is 2.55. The molecule has 3 nitrogen and oxygen atoms in total. The summed E-state index contributed by atoms with van der Waals surface area (Å²) in [6.07, 6.45) is 1.87. The number of carbonyl (C=O) groups excluding carboxylic acids is 1. The van der Waals surface area contributed by atoms with E-state index in [1.54, 1.807) is 4.90 Å². The number of likely N-dealkylation sites (N-methyl/N-ethyl adjacent to an activating group) is 1. The number of ether oxygens (including phenoxy) is 1. The van der Waals surface area contributed by atoms with Gasteiger partial charge in [0, 0.05) is 6.54 Å². The Balaban J connectivity index is 1.65. The third-order valence-corrected chi connectivity index (χ3v) is 5.23. The highest BCUT2D eigenvalue weighted by atomic mass is 32.2. The minimum absolute atomic E-state index is 0.0164. The van der Waals surface area contributed by atoms with Crippen LogP contribution in [-0.4, -0.2) is 21.7 Å². The minimum Gasteiger partial charge on any atom is -0.489 e. The van der Waals surface area contributed by atoms with Gasteiger partial charge < -0.3 is 4.74 Å². The van der Waals surface area contributed by atoms with Gasteiger partial charge in [0.15, 0.2) is 0 Å². The lowest BCUT2D eigenvalue weighted by Crippen LogP contribution is -2.27. The van der Waals surface area contributed by atoms with E-state index in [9.17, 15) is 4.79 Å². The molecule has 1 saturated heterocycles. The first-order chi connectivity index (χ1) is 12.1. The second-order valence-corrected chi connectivity index (χ2v) is 7.45. The number of hydrogen-bond acceptors (Lipinski definition) is 4. The van der Waals surface area contributed by atoms with E-state index in [2.05, 4.69) is 25.1 Å². The molecule has 2 aromatic rings. The van der Waals surface area contributed by atoms with E-state index in [0.29, 0.717) is 22.4 Å². The van der Waals surface area contributed by atoms with Gasteiger partial charge >= 0.3 is 0 Å². The summed E-state index contributed by atoms with van der Waals surface area (Å²) in [6, 6.07) is 16.0. The molecule has 0 aliphatic carbocycles. The monoisotopic (exact) mass is 369 g/mol. The topological polar surface area (TPSA) is 29.5 Å². The van der Waals surface area contributed by atoms with Gasteiger partial charge in [0.25, 0.3) is 5.91 Å². The molecular formula is C20H19NO2S2. The molecule has 5 heteroatoms. The van der Waals surface area contributed by atoms with Gasteiger partial charge in [-0.15, -0.1) is 0 Å². The van der Waals surface area contributed by atoms with E-state index in [1.165, 1.54) is 17.3 Å². The highest BCUT2D eigenvalue weighted by molar-refractivity contribution is 8.26. The zero-order chi connectivity index (χ0) is 17.8. The van der Waals surface area contributed by atoms with Crippen LogP contribution in [0.3, 0.4) is 0 Å². The predicted molar refractivity (Wildman–Crippen MR) is 108 cm³/mol. The summed E-state index contributed by atoms with van der Waals surface area (Å²) in [5.41, 5.74) is 3.33. The number of amides is 1. The highest BCUT2D eigenvalue weighted by Crippen LogP contribution is 2.32. The number of rotatable bonds is 5. The SMILES string of the molecule is CCN1C(=O)C(=Cc2ccc(OCc3cccc(C)c3)cc2)SC1=S. The summed E-state index contributed by atoms with van der Waals surface area (Å²) in [5.74, 6) is 0.789. The maximum atomic E-state index is 12.2. The zero-order valence-electron chi connectivity index (χ0n) is 14.2. The van der Waals surface area contributed by atoms with Crippen molar-refractivity contribution in [3.63, 3.8) is 0 Å². The van der Waals surface area contributed by atoms with E-state index < -0.39 is 0 Å². The van der Waals surface area contributed by atoms with E-state index in [0.717, 1.165) is 16.9 Å². The maximum absolute atomic E-state index is 12.2. The molecule has 1 fully saturated rings. The summed E-state index contributed by atoms with van der Waals surface area (Å²) in [5, 5.41) is 0. The smallest absolute Gasteiger partial charge is 0.266 e. The quantitative estimate of drug-likeness (QED) is 0.559. The molecule has 1 aliphatic heterocycles. The van der Waals surface area contributed by atoms with Crippen LogP contribution in [0.4, 0.5) is 0 Å². The molecule has 3 rings (SSSR count). The van der Waals surface area contributed by atoms with Crippen LogP contribution in [0.2, 0.25) is 0 Å². The molecular weight excluding hydrogens is 350 g/mol. The molecule has 0 aromatic heterocycles. The Morgan fingerprint density at radius 1 is 1.20 bits per heavy atom. The Morgan fingerprint density at radius 3 is 2.60 bits per heavy atom. The number of nitrogens with zero attached hydrogens (tertiary/aromatic N) is 1. The molecule has 0 N–H and O–H groups in total. The fourth-order valence-corrected chi connectivity index (χ4v) is 3.94. The summed E-state index contributed by atoms with van der Waals surface area (Å²) in [6.45, 7) is 5.14. The van der Waals surface area contributed by atoms with Crippen LogP contribution in [0.1, 0.15) is 23.6 Å². The number of aryl methyl sites for hydroxylation is 1. The van der Waals surface area contributed by atoms with Crippen LogP contribution in [0, 0.1) is 6.92 Å². The van der Waals surface area contributed by atoms with Gasteiger partial charge in [-0.25, -0.2) is 0 Å². The van der Waals surface area contributed by atoms with E-state index in [1.807, 2.05) is 43.3 Å². The molecule has 0 radical (unpaired) electrons. The van der Waals surface area contributed by atoms with Crippen LogP contribution in [0.5, 0.6) is 5.75 Å². The molecule has 128 valence electrons. The summed E-state index contributed by atoms with van der Waals surface area (Å²) in [7, 11) is 0. The number of thiocarbonyl (C=S) groups is 1. The Bertz CT molecular complexity index is 828. The van der Waals surface area contributed by atoms with Gasteiger partial charge in [-0.3, -0.25) is 9.69 Å². The molecule has 1 aliphatic rings. The number of thioether (sulfide) groups is 1. The average Bonchev–Trinajstić information content (AvgIpc) is 2.87. The first-order valence-corrected chi connectivity index (χ1v) is 9.33. The summed E-state index contributed by atoms with van der Waals surface area (Å²) >= 11 is 6.58. The van der Waals surface area contributed by atoms with Gasteiger partial charge in [-0.1, -0.05) is 65.9 Å². The van der Waals surface area contributed by atoms with Gasteiger partial charge in [0.2, 0.25) is 0 Å². The van der Waals surface area contributed by atoms with Crippen LogP contribution in [-0.2, 0) is 11.4 Å². The largest absolute Gasteiger partial charge is 0.489 e.